The van der Waals surface area contributed by atoms with Gasteiger partial charge in [-0.1, -0.05) is 39.8 Å². The first kappa shape index (κ1) is 29.9. The summed E-state index contributed by atoms with van der Waals surface area (Å²) < 4.78 is 0. The van der Waals surface area contributed by atoms with Crippen LogP contribution in [0.4, 0.5) is 0 Å². The summed E-state index contributed by atoms with van der Waals surface area (Å²) in [6, 6.07) is 3.31. The molecule has 0 spiro atoms. The monoisotopic (exact) mass is 544 g/mol. The topological polar surface area (TPSA) is 156 Å². The van der Waals surface area contributed by atoms with E-state index in [2.05, 4.69) is 0 Å². The Kier molecular flexibility index (Phi) is 8.01. The van der Waals surface area contributed by atoms with E-state index in [1.165, 1.54) is 0 Å². The third-order valence-corrected chi connectivity index (χ3v) is 7.22. The van der Waals surface area contributed by atoms with Crippen molar-refractivity contribution < 1.29 is 40.2 Å². The molecule has 4 aromatic rings. The van der Waals surface area contributed by atoms with Crippen LogP contribution in [0.25, 0.3) is 32.7 Å². The fourth-order valence-electron chi connectivity index (χ4n) is 5.60. The second-order valence-corrected chi connectivity index (χ2v) is 10.3. The van der Waals surface area contributed by atoms with Crippen LogP contribution in [0.1, 0.15) is 82.5 Å². The molecular weight excluding hydrogens is 513 g/mol. The first-order valence-corrected chi connectivity index (χ1v) is 12.2. The largest absolute Gasteiger partial charge is 0.507 e. The van der Waals surface area contributed by atoms with Crippen LogP contribution < -0.4 is 0 Å². The normalized spacial score (nSPS) is 11.4. The molecule has 0 aliphatic heterocycles. The van der Waals surface area contributed by atoms with Gasteiger partial charge in [0, 0.05) is 33.0 Å². The van der Waals surface area contributed by atoms with Crippen LogP contribution in [-0.4, -0.2) is 66.3 Å². The van der Waals surface area contributed by atoms with Crippen molar-refractivity contribution in [2.75, 3.05) is 0 Å². The molecule has 0 aliphatic rings. The van der Waals surface area contributed by atoms with Crippen molar-refractivity contribution in [2.24, 2.45) is 0 Å². The molecule has 0 heterocycles. The third kappa shape index (κ3) is 4.20. The van der Waals surface area contributed by atoms with Crippen LogP contribution >= 0.6 is 0 Å². The minimum atomic E-state index is -0.661. The molecule has 4 rings (SSSR count). The molecule has 0 bridgehead atoms. The number of carbonyl (C=O) groups excluding carboxylic acids is 2. The van der Waals surface area contributed by atoms with Crippen molar-refractivity contribution in [2.45, 2.75) is 53.4 Å². The number of rotatable bonds is 5. The quantitative estimate of drug-likeness (QED) is 0.110. The lowest BCUT2D eigenvalue weighted by Gasteiger charge is -2.23. The van der Waals surface area contributed by atoms with Gasteiger partial charge in [-0.15, -0.1) is 0 Å². The highest BCUT2D eigenvalue weighted by atomic mass is 24.3. The number of hydrogen-bond acceptors (Lipinski definition) is 8. The number of aryl methyl sites for hydroxylation is 2. The summed E-state index contributed by atoms with van der Waals surface area (Å²) in [5.74, 6) is -3.57. The molecule has 0 aliphatic carbocycles. The van der Waals surface area contributed by atoms with Gasteiger partial charge in [0.25, 0.3) is 0 Å². The lowest BCUT2D eigenvalue weighted by atomic mass is 9.83. The van der Waals surface area contributed by atoms with Gasteiger partial charge in [-0.3, -0.25) is 9.59 Å². The first-order valence-electron chi connectivity index (χ1n) is 12.2. The van der Waals surface area contributed by atoms with Gasteiger partial charge in [0.1, 0.15) is 11.5 Å². The van der Waals surface area contributed by atoms with Gasteiger partial charge in [-0.05, 0) is 47.6 Å². The number of aldehydes is 2. The van der Waals surface area contributed by atoms with E-state index in [1.807, 2.05) is 0 Å². The van der Waals surface area contributed by atoms with Gasteiger partial charge in [0.2, 0.25) is 0 Å². The van der Waals surface area contributed by atoms with Crippen molar-refractivity contribution >= 4 is 57.2 Å². The second kappa shape index (κ2) is 10.5. The second-order valence-electron chi connectivity index (χ2n) is 10.3. The van der Waals surface area contributed by atoms with Gasteiger partial charge in [0.05, 0.1) is 11.1 Å². The number of carbonyl (C=O) groups is 2. The molecule has 9 heteroatoms. The molecule has 0 saturated heterocycles. The fraction of sp³-hybridized carbons (Fsp3) is 0.267. The van der Waals surface area contributed by atoms with Crippen LogP contribution in [0, 0.1) is 13.8 Å². The Hall–Kier alpha value is -3.69. The minimum absolute atomic E-state index is 0. The Morgan fingerprint density at radius 2 is 0.872 bits per heavy atom. The van der Waals surface area contributed by atoms with Gasteiger partial charge >= 0.3 is 23.1 Å². The predicted molar refractivity (Wildman–Crippen MR) is 154 cm³/mol. The molecule has 4 aromatic carbocycles. The molecule has 6 N–H and O–H groups in total. The lowest BCUT2D eigenvalue weighted by Crippen LogP contribution is -2.01. The number of phenols is 6. The van der Waals surface area contributed by atoms with E-state index in [0.717, 1.165) is 0 Å². The highest BCUT2D eigenvalue weighted by Crippen LogP contribution is 2.54. The van der Waals surface area contributed by atoms with E-state index in [4.69, 9.17) is 0 Å². The smallest absolute Gasteiger partial charge is 0.316 e. The Labute approximate surface area is 241 Å². The maximum atomic E-state index is 12.0. The highest BCUT2D eigenvalue weighted by Gasteiger charge is 2.29. The number of benzene rings is 4. The molecule has 202 valence electrons. The zero-order valence-electron chi connectivity index (χ0n) is 22.0. The maximum Gasteiger partial charge on any atom is 0.316 e. The average Bonchev–Trinajstić information content (AvgIpc) is 2.83. The average molecular weight is 545 g/mol. The van der Waals surface area contributed by atoms with Gasteiger partial charge < -0.3 is 30.6 Å². The molecule has 0 aromatic heterocycles. The van der Waals surface area contributed by atoms with Gasteiger partial charge in [0.15, 0.2) is 35.6 Å². The summed E-state index contributed by atoms with van der Waals surface area (Å²) in [6.07, 6.45) is 0.682. The van der Waals surface area contributed by atoms with Crippen molar-refractivity contribution in [3.8, 4) is 45.6 Å². The molecule has 0 amide bonds. The van der Waals surface area contributed by atoms with Crippen molar-refractivity contribution in [3.05, 3.63) is 45.5 Å². The Morgan fingerprint density at radius 3 is 1.13 bits per heavy atom. The van der Waals surface area contributed by atoms with Crippen molar-refractivity contribution in [1.82, 2.24) is 0 Å². The summed E-state index contributed by atoms with van der Waals surface area (Å²) in [4.78, 5) is 24.0. The Morgan fingerprint density at radius 1 is 0.564 bits per heavy atom. The van der Waals surface area contributed by atoms with E-state index in [1.54, 1.807) is 53.7 Å². The zero-order valence-corrected chi connectivity index (χ0v) is 22.0. The standard InChI is InChI=1S/C30H30O8.Mg.2H/c1-11(2)19-15-7-13(5)21(27(35)23(15)17(9-31)25(33)29(19)37)22-14(6)8-16-20(12(3)4)30(38)26(34)18(10-32)24(16)28(22)36;;;/h7-12,33-38H,1-6H3;;;. The SMILES string of the molecule is Cc1cc2c(C(C)C)c(O)c(O)c(C=O)c2c(O)c1-c1c(C)cc2c(C(C)C)c(O)c(O)c(C=O)c2c1O.[MgH2]. The summed E-state index contributed by atoms with van der Waals surface area (Å²) in [5.41, 5.74) is 1.33. The molecule has 0 fully saturated rings. The number of hydrogen-bond donors (Lipinski definition) is 6. The third-order valence-electron chi connectivity index (χ3n) is 7.22. The van der Waals surface area contributed by atoms with Gasteiger partial charge in [-0.25, -0.2) is 0 Å². The van der Waals surface area contributed by atoms with Crippen LogP contribution in [-0.2, 0) is 0 Å². The van der Waals surface area contributed by atoms with E-state index >= 15 is 0 Å². The van der Waals surface area contributed by atoms with E-state index in [9.17, 15) is 40.2 Å². The predicted octanol–water partition coefficient (Wildman–Crippen LogP) is 5.47. The van der Waals surface area contributed by atoms with Gasteiger partial charge in [-0.2, -0.15) is 0 Å². The summed E-state index contributed by atoms with van der Waals surface area (Å²) in [7, 11) is 0. The maximum absolute atomic E-state index is 12.0. The Balaban J connectivity index is 0.00000420. The van der Waals surface area contributed by atoms with Crippen molar-refractivity contribution in [1.29, 1.82) is 0 Å². The molecule has 0 radical (unpaired) electrons. The number of aromatic hydroxyl groups is 6. The summed E-state index contributed by atoms with van der Waals surface area (Å²) in [5, 5.41) is 66.4. The zero-order chi connectivity index (χ0) is 28.4. The summed E-state index contributed by atoms with van der Waals surface area (Å²) >= 11 is 0. The number of phenolic OH excluding ortho intramolecular Hbond substituents is 6. The molecule has 39 heavy (non-hydrogen) atoms. The molecule has 0 unspecified atom stereocenters. The molecular formula is C30H32MgO8. The molecule has 0 atom stereocenters. The number of fused-ring (bicyclic) bond motifs is 2. The van der Waals surface area contributed by atoms with E-state index in [0.29, 0.717) is 45.6 Å². The van der Waals surface area contributed by atoms with Crippen LogP contribution in [0.5, 0.6) is 34.5 Å². The minimum Gasteiger partial charge on any atom is -0.507 e. The summed E-state index contributed by atoms with van der Waals surface area (Å²) in [6.45, 7) is 10.5. The highest BCUT2D eigenvalue weighted by molar-refractivity contribution is 6.14. The lowest BCUT2D eigenvalue weighted by molar-refractivity contribution is 0.111. The van der Waals surface area contributed by atoms with E-state index in [-0.39, 0.29) is 67.9 Å². The van der Waals surface area contributed by atoms with Crippen LogP contribution in [0.15, 0.2) is 12.1 Å². The van der Waals surface area contributed by atoms with Crippen molar-refractivity contribution in [3.63, 3.8) is 0 Å². The van der Waals surface area contributed by atoms with E-state index < -0.39 is 34.5 Å². The molecule has 0 saturated carbocycles. The molecule has 8 nitrogen and oxygen atoms in total. The fourth-order valence-corrected chi connectivity index (χ4v) is 5.60. The van der Waals surface area contributed by atoms with Crippen LogP contribution in [0.2, 0.25) is 0 Å². The first-order chi connectivity index (χ1) is 17.8. The van der Waals surface area contributed by atoms with Crippen LogP contribution in [0.3, 0.4) is 0 Å². The Bertz CT molecular complexity index is 1560.